The Balaban J connectivity index is 1.44. The third-order valence-corrected chi connectivity index (χ3v) is 7.24. The van der Waals surface area contributed by atoms with Gasteiger partial charge < -0.3 is 0 Å². The van der Waals surface area contributed by atoms with Crippen LogP contribution in [0.1, 0.15) is 0 Å². The first kappa shape index (κ1) is 19.3. The lowest BCUT2D eigenvalue weighted by molar-refractivity contribution is 0.601. The molecule has 162 valence electrons. The van der Waals surface area contributed by atoms with Gasteiger partial charge in [-0.2, -0.15) is 0 Å². The van der Waals surface area contributed by atoms with E-state index in [-0.39, 0.29) is 10.6 Å². The molecular formula is C24H16N4O4S. The van der Waals surface area contributed by atoms with E-state index in [1.165, 1.54) is 24.3 Å². The maximum atomic E-state index is 13.1. The number of sulfonamides is 1. The second-order valence-electron chi connectivity index (χ2n) is 7.76. The van der Waals surface area contributed by atoms with Crippen LogP contribution in [0.5, 0.6) is 0 Å². The fraction of sp³-hybridized carbons (Fsp3) is 0. The summed E-state index contributed by atoms with van der Waals surface area (Å²) in [5.41, 5.74) is -0.544. The minimum absolute atomic E-state index is 0.0111. The molecule has 1 aromatic heterocycles. The van der Waals surface area contributed by atoms with E-state index in [2.05, 4.69) is 21.0 Å². The number of hydrogen-bond donors (Lipinski definition) is 3. The number of aromatic nitrogens is 3. The van der Waals surface area contributed by atoms with Crippen LogP contribution in [-0.4, -0.2) is 23.2 Å². The predicted molar refractivity (Wildman–Crippen MR) is 128 cm³/mol. The highest BCUT2D eigenvalue weighted by molar-refractivity contribution is 7.92. The first-order valence-electron chi connectivity index (χ1n) is 10.1. The van der Waals surface area contributed by atoms with E-state index in [4.69, 9.17) is 0 Å². The zero-order valence-corrected chi connectivity index (χ0v) is 17.8. The van der Waals surface area contributed by atoms with Gasteiger partial charge in [-0.3, -0.25) is 4.72 Å². The third kappa shape index (κ3) is 2.94. The Morgan fingerprint density at radius 2 is 1.24 bits per heavy atom. The molecular weight excluding hydrogens is 440 g/mol. The lowest BCUT2D eigenvalue weighted by Crippen LogP contribution is -2.24. The highest BCUT2D eigenvalue weighted by Crippen LogP contribution is 2.38. The maximum Gasteiger partial charge on any atom is 0.348 e. The number of H-pyrrole nitrogens is 2. The molecule has 0 saturated heterocycles. The van der Waals surface area contributed by atoms with Crippen molar-refractivity contribution in [2.24, 2.45) is 0 Å². The third-order valence-electron chi connectivity index (χ3n) is 5.86. The van der Waals surface area contributed by atoms with E-state index < -0.39 is 21.4 Å². The summed E-state index contributed by atoms with van der Waals surface area (Å²) in [7, 11) is -3.92. The van der Waals surface area contributed by atoms with Crippen molar-refractivity contribution in [2.45, 2.75) is 4.90 Å². The van der Waals surface area contributed by atoms with Crippen LogP contribution >= 0.6 is 0 Å². The summed E-state index contributed by atoms with van der Waals surface area (Å²) in [4.78, 5) is 23.6. The first-order valence-corrected chi connectivity index (χ1v) is 11.6. The number of benzene rings is 5. The largest absolute Gasteiger partial charge is 0.348 e. The van der Waals surface area contributed by atoms with Crippen molar-refractivity contribution in [3.63, 3.8) is 0 Å². The topological polar surface area (TPSA) is 117 Å². The summed E-state index contributed by atoms with van der Waals surface area (Å²) in [6.07, 6.45) is 0. The first-order chi connectivity index (χ1) is 15.9. The zero-order chi connectivity index (χ0) is 22.7. The molecule has 8 nitrogen and oxygen atoms in total. The van der Waals surface area contributed by atoms with Crippen molar-refractivity contribution in [1.29, 1.82) is 0 Å². The van der Waals surface area contributed by atoms with Crippen LogP contribution in [0.2, 0.25) is 0 Å². The van der Waals surface area contributed by atoms with Crippen molar-refractivity contribution in [2.75, 3.05) is 4.72 Å². The van der Waals surface area contributed by atoms with Gasteiger partial charge in [-0.05, 0) is 57.3 Å². The quantitative estimate of drug-likeness (QED) is 0.352. The van der Waals surface area contributed by atoms with Crippen LogP contribution in [0, 0.1) is 0 Å². The summed E-state index contributed by atoms with van der Waals surface area (Å²) in [5.74, 6) is 0. The molecule has 0 amide bonds. The van der Waals surface area contributed by atoms with Gasteiger partial charge in [-0.25, -0.2) is 32.8 Å². The van der Waals surface area contributed by atoms with Crippen LogP contribution in [0.3, 0.4) is 0 Å². The molecule has 0 aliphatic rings. The molecule has 0 aliphatic heterocycles. The monoisotopic (exact) mass is 456 g/mol. The summed E-state index contributed by atoms with van der Waals surface area (Å²) in [6, 6.07) is 23.3. The van der Waals surface area contributed by atoms with E-state index in [1.54, 1.807) is 6.07 Å². The molecule has 9 heteroatoms. The molecule has 0 atom stereocenters. The summed E-state index contributed by atoms with van der Waals surface area (Å²) < 4.78 is 29.9. The van der Waals surface area contributed by atoms with E-state index in [1.807, 2.05) is 42.5 Å². The highest BCUT2D eigenvalue weighted by atomic mass is 32.2. The Labute approximate surface area is 186 Å². The maximum absolute atomic E-state index is 13.1. The van der Waals surface area contributed by atoms with Crippen LogP contribution in [0.4, 0.5) is 5.69 Å². The van der Waals surface area contributed by atoms with Gasteiger partial charge in [0.05, 0.1) is 16.3 Å². The second kappa shape index (κ2) is 6.81. The number of aromatic amines is 2. The van der Waals surface area contributed by atoms with Gasteiger partial charge in [0.1, 0.15) is 0 Å². The number of nitrogens with one attached hydrogen (secondary N) is 3. The fourth-order valence-corrected chi connectivity index (χ4v) is 5.43. The van der Waals surface area contributed by atoms with Crippen LogP contribution in [-0.2, 0) is 10.0 Å². The average molecular weight is 456 g/mol. The molecule has 0 unspecified atom stereocenters. The SMILES string of the molecule is O=c1[nH][nH]c(=O)n1-c1ccc(S(=O)(=O)Nc2ccc3ccc4cccc5ccc2c3c45)cc1. The van der Waals surface area contributed by atoms with E-state index in [0.717, 1.165) is 36.9 Å². The van der Waals surface area contributed by atoms with Gasteiger partial charge in [-0.1, -0.05) is 48.5 Å². The van der Waals surface area contributed by atoms with E-state index in [0.29, 0.717) is 5.69 Å². The molecule has 0 bridgehead atoms. The average Bonchev–Trinajstić information content (AvgIpc) is 3.16. The minimum atomic E-state index is -3.92. The van der Waals surface area contributed by atoms with Gasteiger partial charge in [0.15, 0.2) is 0 Å². The zero-order valence-electron chi connectivity index (χ0n) is 17.0. The molecule has 5 aromatic carbocycles. The van der Waals surface area contributed by atoms with Crippen molar-refractivity contribution in [3.8, 4) is 5.69 Å². The summed E-state index contributed by atoms with van der Waals surface area (Å²) in [5, 5.41) is 10.5. The Morgan fingerprint density at radius 3 is 1.91 bits per heavy atom. The summed E-state index contributed by atoms with van der Waals surface area (Å²) >= 11 is 0. The fourth-order valence-electron chi connectivity index (χ4n) is 4.35. The molecule has 33 heavy (non-hydrogen) atoms. The van der Waals surface area contributed by atoms with Gasteiger partial charge >= 0.3 is 11.4 Å². The van der Waals surface area contributed by atoms with Gasteiger partial charge in [0.25, 0.3) is 10.0 Å². The van der Waals surface area contributed by atoms with Gasteiger partial charge in [0, 0.05) is 5.39 Å². The van der Waals surface area contributed by atoms with Gasteiger partial charge in [-0.15, -0.1) is 0 Å². The molecule has 1 heterocycles. The van der Waals surface area contributed by atoms with Crippen molar-refractivity contribution in [1.82, 2.24) is 14.8 Å². The van der Waals surface area contributed by atoms with Crippen molar-refractivity contribution in [3.05, 3.63) is 99.8 Å². The molecule has 0 fully saturated rings. The van der Waals surface area contributed by atoms with Crippen molar-refractivity contribution < 1.29 is 8.42 Å². The molecule has 6 aromatic rings. The van der Waals surface area contributed by atoms with Crippen LogP contribution in [0.15, 0.2) is 93.3 Å². The molecule has 0 aliphatic carbocycles. The smallest absolute Gasteiger partial charge is 0.279 e. The molecule has 0 spiro atoms. The Kier molecular flexibility index (Phi) is 3.99. The van der Waals surface area contributed by atoms with E-state index in [9.17, 15) is 18.0 Å². The van der Waals surface area contributed by atoms with Gasteiger partial charge in [0.2, 0.25) is 0 Å². The van der Waals surface area contributed by atoms with Crippen molar-refractivity contribution >= 4 is 48.0 Å². The second-order valence-corrected chi connectivity index (χ2v) is 9.45. The Hall–Kier alpha value is -4.37. The van der Waals surface area contributed by atoms with Crippen LogP contribution < -0.4 is 16.1 Å². The number of anilines is 1. The Morgan fingerprint density at radius 1 is 0.667 bits per heavy atom. The molecule has 0 saturated carbocycles. The van der Waals surface area contributed by atoms with E-state index >= 15 is 0 Å². The Bertz CT molecular complexity index is 1850. The number of rotatable bonds is 4. The lowest BCUT2D eigenvalue weighted by atomic mass is 9.94. The molecule has 0 radical (unpaired) electrons. The number of nitrogens with zero attached hydrogens (tertiary/aromatic N) is 1. The predicted octanol–water partition coefficient (Wildman–Crippen LogP) is 3.55. The standard InChI is InChI=1S/C24H16N4O4S/c29-23-25-26-24(30)28(23)17-8-10-18(11-9-17)33(31,32)27-20-13-7-16-5-4-14-2-1-3-15-6-12-19(20)22(16)21(14)15/h1-13,27H,(H,25,29)(H,26,30). The lowest BCUT2D eigenvalue weighted by Gasteiger charge is -2.15. The van der Waals surface area contributed by atoms with Crippen LogP contribution in [0.25, 0.3) is 38.0 Å². The summed E-state index contributed by atoms with van der Waals surface area (Å²) in [6.45, 7) is 0. The molecule has 6 rings (SSSR count). The minimum Gasteiger partial charge on any atom is -0.279 e. The highest BCUT2D eigenvalue weighted by Gasteiger charge is 2.18. The normalized spacial score (nSPS) is 12.1. The number of hydrogen-bond acceptors (Lipinski definition) is 4. The molecule has 3 N–H and O–H groups in total.